The van der Waals surface area contributed by atoms with E-state index in [4.69, 9.17) is 10.2 Å². The van der Waals surface area contributed by atoms with Crippen LogP contribution in [0.5, 0.6) is 0 Å². The van der Waals surface area contributed by atoms with Crippen molar-refractivity contribution in [3.63, 3.8) is 0 Å². The van der Waals surface area contributed by atoms with Crippen molar-refractivity contribution in [3.8, 4) is 11.1 Å². The van der Waals surface area contributed by atoms with Crippen molar-refractivity contribution in [1.29, 1.82) is 0 Å². The number of aliphatic hydroxyl groups excluding tert-OH is 1. The molecule has 9 heteroatoms. The summed E-state index contributed by atoms with van der Waals surface area (Å²) in [5.41, 5.74) is 2.62. The number of carboxylic acids is 2. The molecule has 4 N–H and O–H groups in total. The number of nitrogens with zero attached hydrogens (tertiary/aromatic N) is 2. The summed E-state index contributed by atoms with van der Waals surface area (Å²) in [4.78, 5) is 34.9. The van der Waals surface area contributed by atoms with Crippen molar-refractivity contribution < 1.29 is 29.7 Å². The normalized spacial score (nSPS) is 12.7. The van der Waals surface area contributed by atoms with Crippen molar-refractivity contribution in [2.75, 3.05) is 0 Å². The van der Waals surface area contributed by atoms with Gasteiger partial charge in [0, 0.05) is 25.6 Å². The second kappa shape index (κ2) is 9.88. The molecule has 1 amide bonds. The first-order valence-electron chi connectivity index (χ1n) is 9.88. The van der Waals surface area contributed by atoms with Gasteiger partial charge in [0.1, 0.15) is 5.69 Å². The summed E-state index contributed by atoms with van der Waals surface area (Å²) in [5, 5.41) is 34.6. The van der Waals surface area contributed by atoms with Crippen LogP contribution in [0.25, 0.3) is 11.1 Å². The predicted octanol–water partition coefficient (Wildman–Crippen LogP) is 1.96. The number of nitrogens with one attached hydrogen (secondary N) is 1. The minimum Gasteiger partial charge on any atom is -0.479 e. The highest BCUT2D eigenvalue weighted by molar-refractivity contribution is 5.95. The summed E-state index contributed by atoms with van der Waals surface area (Å²) in [6.45, 7) is 0. The fourth-order valence-corrected chi connectivity index (χ4v) is 3.35. The van der Waals surface area contributed by atoms with Gasteiger partial charge in [0.2, 0.25) is 0 Å². The van der Waals surface area contributed by atoms with E-state index in [1.165, 1.54) is 7.05 Å². The number of rotatable bonds is 9. The molecule has 0 fully saturated rings. The molecule has 9 nitrogen and oxygen atoms in total. The number of carboxylic acid groups (broad SMARTS) is 2. The Labute approximate surface area is 183 Å². The Morgan fingerprint density at radius 1 is 1.00 bits per heavy atom. The van der Waals surface area contributed by atoms with Gasteiger partial charge >= 0.3 is 11.9 Å². The van der Waals surface area contributed by atoms with Crippen LogP contribution in [0, 0.1) is 0 Å². The van der Waals surface area contributed by atoms with Crippen LogP contribution >= 0.6 is 0 Å². The third kappa shape index (κ3) is 5.58. The molecule has 0 aliphatic carbocycles. The zero-order valence-corrected chi connectivity index (χ0v) is 17.3. The quantitative estimate of drug-likeness (QED) is 0.401. The number of benzene rings is 2. The van der Waals surface area contributed by atoms with Gasteiger partial charge in [-0.3, -0.25) is 9.48 Å². The molecule has 0 saturated heterocycles. The van der Waals surface area contributed by atoms with E-state index in [1.54, 1.807) is 0 Å². The molecule has 0 aliphatic rings. The number of hydrogen-bond acceptors (Lipinski definition) is 5. The maximum atomic E-state index is 12.6. The second-order valence-corrected chi connectivity index (χ2v) is 7.37. The molecule has 0 spiro atoms. The first-order chi connectivity index (χ1) is 15.2. The van der Waals surface area contributed by atoms with Crippen LogP contribution in [0.15, 0.2) is 60.7 Å². The fourth-order valence-electron chi connectivity index (χ4n) is 3.35. The molecule has 32 heavy (non-hydrogen) atoms. The van der Waals surface area contributed by atoms with Crippen molar-refractivity contribution in [2.45, 2.75) is 25.0 Å². The van der Waals surface area contributed by atoms with Crippen LogP contribution < -0.4 is 5.32 Å². The van der Waals surface area contributed by atoms with Gasteiger partial charge in [-0.25, -0.2) is 9.59 Å². The van der Waals surface area contributed by atoms with E-state index in [0.717, 1.165) is 27.4 Å². The Morgan fingerprint density at radius 2 is 1.62 bits per heavy atom. The Hall–Kier alpha value is -3.98. The van der Waals surface area contributed by atoms with Crippen molar-refractivity contribution in [3.05, 3.63) is 77.6 Å². The van der Waals surface area contributed by atoms with Gasteiger partial charge in [-0.15, -0.1) is 0 Å². The van der Waals surface area contributed by atoms with Crippen LogP contribution in [0.2, 0.25) is 0 Å². The van der Waals surface area contributed by atoms with E-state index in [-0.39, 0.29) is 24.2 Å². The third-order valence-corrected chi connectivity index (χ3v) is 5.00. The van der Waals surface area contributed by atoms with E-state index in [2.05, 4.69) is 10.4 Å². The van der Waals surface area contributed by atoms with Gasteiger partial charge in [0.25, 0.3) is 5.91 Å². The number of hydrogen-bond donors (Lipinski definition) is 4. The standard InChI is InChI=1S/C23H23N3O6/c1-26-19(22(29)30)13-18(25-26)21(28)24-17(12-20(27)23(31)32)11-14-7-9-16(10-8-14)15-5-3-2-4-6-15/h2-10,13,17,20,27H,11-12H2,1H3,(H,24,28)(H,29,30)(H,31,32). The number of aromatic nitrogens is 2. The number of carbonyl (C=O) groups is 3. The van der Waals surface area contributed by atoms with E-state index < -0.39 is 30.0 Å². The summed E-state index contributed by atoms with van der Waals surface area (Å²) in [7, 11) is 1.40. The SMILES string of the molecule is Cn1nc(C(=O)NC(Cc2ccc(-c3ccccc3)cc2)CC(O)C(=O)O)cc1C(=O)O. The van der Waals surface area contributed by atoms with E-state index in [1.807, 2.05) is 54.6 Å². The summed E-state index contributed by atoms with van der Waals surface area (Å²) in [5.74, 6) is -3.28. The van der Waals surface area contributed by atoms with Crippen molar-refractivity contribution in [2.24, 2.45) is 7.05 Å². The van der Waals surface area contributed by atoms with Gasteiger partial charge in [-0.1, -0.05) is 54.6 Å². The zero-order chi connectivity index (χ0) is 23.3. The fraction of sp³-hybridized carbons (Fsp3) is 0.217. The molecular formula is C23H23N3O6. The lowest BCUT2D eigenvalue weighted by molar-refractivity contribution is -0.147. The molecule has 0 aliphatic heterocycles. The molecule has 3 rings (SSSR count). The zero-order valence-electron chi connectivity index (χ0n) is 17.3. The second-order valence-electron chi connectivity index (χ2n) is 7.37. The Morgan fingerprint density at radius 3 is 2.19 bits per heavy atom. The molecule has 2 unspecified atom stereocenters. The van der Waals surface area contributed by atoms with Crippen molar-refractivity contribution >= 4 is 17.8 Å². The number of amides is 1. The Bertz CT molecular complexity index is 1110. The lowest BCUT2D eigenvalue weighted by atomic mass is 9.97. The molecule has 0 radical (unpaired) electrons. The van der Waals surface area contributed by atoms with Crippen LogP contribution in [0.3, 0.4) is 0 Å². The van der Waals surface area contributed by atoms with Gasteiger partial charge in [-0.2, -0.15) is 5.10 Å². The van der Waals surface area contributed by atoms with Gasteiger partial charge in [-0.05, 0) is 23.1 Å². The molecular weight excluding hydrogens is 414 g/mol. The lowest BCUT2D eigenvalue weighted by Gasteiger charge is -2.20. The van der Waals surface area contributed by atoms with E-state index in [0.29, 0.717) is 0 Å². The summed E-state index contributed by atoms with van der Waals surface area (Å²) < 4.78 is 1.07. The van der Waals surface area contributed by atoms with Crippen LogP contribution in [0.4, 0.5) is 0 Å². The highest BCUT2D eigenvalue weighted by atomic mass is 16.4. The van der Waals surface area contributed by atoms with E-state index >= 15 is 0 Å². The summed E-state index contributed by atoms with van der Waals surface area (Å²) >= 11 is 0. The molecule has 2 atom stereocenters. The average Bonchev–Trinajstić information content (AvgIpc) is 3.17. The molecule has 0 bridgehead atoms. The summed E-state index contributed by atoms with van der Waals surface area (Å²) in [6, 6.07) is 17.8. The lowest BCUT2D eigenvalue weighted by Crippen LogP contribution is -2.40. The van der Waals surface area contributed by atoms with Gasteiger partial charge < -0.3 is 20.6 Å². The number of aliphatic carboxylic acids is 1. The van der Waals surface area contributed by atoms with Gasteiger partial charge in [0.05, 0.1) is 0 Å². The molecule has 1 aromatic heterocycles. The Kier molecular flexibility index (Phi) is 7.01. The average molecular weight is 437 g/mol. The highest BCUT2D eigenvalue weighted by Gasteiger charge is 2.24. The van der Waals surface area contributed by atoms with E-state index in [9.17, 15) is 19.5 Å². The largest absolute Gasteiger partial charge is 0.479 e. The van der Waals surface area contributed by atoms with Crippen LogP contribution in [-0.4, -0.2) is 55.1 Å². The minimum atomic E-state index is -1.66. The van der Waals surface area contributed by atoms with Crippen molar-refractivity contribution in [1.82, 2.24) is 15.1 Å². The monoisotopic (exact) mass is 437 g/mol. The van der Waals surface area contributed by atoms with Gasteiger partial charge in [0.15, 0.2) is 11.8 Å². The number of carbonyl (C=O) groups excluding carboxylic acids is 1. The topological polar surface area (TPSA) is 142 Å². The number of aromatic carboxylic acids is 1. The predicted molar refractivity (Wildman–Crippen MR) is 115 cm³/mol. The molecule has 3 aromatic rings. The smallest absolute Gasteiger partial charge is 0.354 e. The number of aliphatic hydroxyl groups is 1. The maximum Gasteiger partial charge on any atom is 0.354 e. The molecule has 0 saturated carbocycles. The van der Waals surface area contributed by atoms with Crippen LogP contribution in [0.1, 0.15) is 33.0 Å². The first-order valence-corrected chi connectivity index (χ1v) is 9.88. The number of aryl methyl sites for hydroxylation is 1. The third-order valence-electron chi connectivity index (χ3n) is 5.00. The molecule has 166 valence electrons. The Balaban J connectivity index is 1.76. The first kappa shape index (κ1) is 22.7. The highest BCUT2D eigenvalue weighted by Crippen LogP contribution is 2.20. The van der Waals surface area contributed by atoms with Crippen LogP contribution in [-0.2, 0) is 18.3 Å². The molecule has 1 heterocycles. The minimum absolute atomic E-state index is 0.112. The maximum absolute atomic E-state index is 12.6. The molecule has 2 aromatic carbocycles. The summed E-state index contributed by atoms with van der Waals surface area (Å²) in [6.07, 6.45) is -1.62.